The maximum Gasteiger partial charge on any atom is 0.337 e. The molecule has 0 saturated heterocycles. The molecule has 0 atom stereocenters. The van der Waals surface area contributed by atoms with Crippen molar-refractivity contribution in [1.29, 1.82) is 0 Å². The van der Waals surface area contributed by atoms with Crippen LogP contribution >= 0.6 is 0 Å². The molecule has 0 heterocycles. The van der Waals surface area contributed by atoms with Crippen LogP contribution in [0.2, 0.25) is 0 Å². The molecule has 4 N–H and O–H groups in total. The summed E-state index contributed by atoms with van der Waals surface area (Å²) < 4.78 is 0. The van der Waals surface area contributed by atoms with Gasteiger partial charge in [-0.1, -0.05) is 13.3 Å². The largest absolute Gasteiger partial charge is 0.478 e. The molecule has 0 aliphatic carbocycles. The molecule has 0 aromatic rings. The molecule has 0 amide bonds. The molecule has 0 aliphatic rings. The van der Waals surface area contributed by atoms with Crippen LogP contribution in [0.25, 0.3) is 0 Å². The fraction of sp³-hybridized carbons (Fsp3) is 0.400. The minimum absolute atomic E-state index is 0.147. The summed E-state index contributed by atoms with van der Waals surface area (Å²) in [6.07, 6.45) is 3.92. The average Bonchev–Trinajstić information content (AvgIpc) is 2.13. The van der Waals surface area contributed by atoms with Gasteiger partial charge < -0.3 is 15.9 Å². The Kier molecular flexibility index (Phi) is 5.85. The molecule has 0 rings (SSSR count). The number of rotatable bonds is 6. The lowest BCUT2D eigenvalue weighted by Crippen LogP contribution is -2.09. The molecular weight excluding hydrogens is 198 g/mol. The highest BCUT2D eigenvalue weighted by molar-refractivity contribution is 5.93. The smallest absolute Gasteiger partial charge is 0.337 e. The zero-order valence-electron chi connectivity index (χ0n) is 8.56. The Morgan fingerprint density at radius 3 is 2.27 bits per heavy atom. The average molecular weight is 213 g/mol. The summed E-state index contributed by atoms with van der Waals surface area (Å²) in [4.78, 5) is 21.0. The number of nitrogens with two attached hydrogens (primary N) is 1. The molecule has 0 unspecified atom stereocenters. The predicted octanol–water partition coefficient (Wildman–Crippen LogP) is 1.11. The fourth-order valence-corrected chi connectivity index (χ4v) is 0.972. The van der Waals surface area contributed by atoms with E-state index in [9.17, 15) is 9.59 Å². The summed E-state index contributed by atoms with van der Waals surface area (Å²) in [6.45, 7) is 1.96. The Balaban J connectivity index is 4.77. The second kappa shape index (κ2) is 6.64. The Labute approximate surface area is 87.9 Å². The standard InChI is InChI=1S/C10H15NO4/c1-2-3-4-8(11)7(10(14)15)5-6-9(12)13/h5-6H,2-4,11H2,1H3,(H,12,13)(H,14,15). The van der Waals surface area contributed by atoms with Crippen LogP contribution < -0.4 is 5.73 Å². The lowest BCUT2D eigenvalue weighted by Gasteiger charge is -2.03. The number of carboxylic acids is 2. The van der Waals surface area contributed by atoms with Gasteiger partial charge in [-0.2, -0.15) is 0 Å². The van der Waals surface area contributed by atoms with Gasteiger partial charge in [0.2, 0.25) is 0 Å². The van der Waals surface area contributed by atoms with Crippen molar-refractivity contribution in [2.45, 2.75) is 26.2 Å². The van der Waals surface area contributed by atoms with E-state index in [1.165, 1.54) is 0 Å². The van der Waals surface area contributed by atoms with Crippen LogP contribution in [0.5, 0.6) is 0 Å². The Morgan fingerprint density at radius 2 is 1.87 bits per heavy atom. The van der Waals surface area contributed by atoms with Crippen molar-refractivity contribution in [3.05, 3.63) is 23.4 Å². The lowest BCUT2D eigenvalue weighted by molar-refractivity contribution is -0.132. The first-order valence-corrected chi connectivity index (χ1v) is 4.62. The maximum atomic E-state index is 10.7. The molecule has 0 bridgehead atoms. The molecule has 0 radical (unpaired) electrons. The van der Waals surface area contributed by atoms with Gasteiger partial charge in [0.1, 0.15) is 0 Å². The van der Waals surface area contributed by atoms with E-state index in [1.807, 2.05) is 6.92 Å². The van der Waals surface area contributed by atoms with Crippen LogP contribution in [0.4, 0.5) is 0 Å². The third-order valence-electron chi connectivity index (χ3n) is 1.77. The number of hydrogen-bond acceptors (Lipinski definition) is 3. The van der Waals surface area contributed by atoms with Crippen LogP contribution in [0.1, 0.15) is 26.2 Å². The molecule has 0 fully saturated rings. The molecule has 0 aromatic carbocycles. The number of hydrogen-bond donors (Lipinski definition) is 3. The van der Waals surface area contributed by atoms with Gasteiger partial charge >= 0.3 is 11.9 Å². The van der Waals surface area contributed by atoms with Crippen molar-refractivity contribution >= 4 is 11.9 Å². The van der Waals surface area contributed by atoms with Gasteiger partial charge in [-0.05, 0) is 18.9 Å². The Bertz CT molecular complexity index is 305. The van der Waals surface area contributed by atoms with Crippen LogP contribution in [-0.4, -0.2) is 22.2 Å². The summed E-state index contributed by atoms with van der Waals surface area (Å²) in [5, 5.41) is 17.1. The lowest BCUT2D eigenvalue weighted by atomic mass is 10.1. The minimum atomic E-state index is -1.21. The zero-order chi connectivity index (χ0) is 11.8. The van der Waals surface area contributed by atoms with E-state index in [0.29, 0.717) is 6.42 Å². The van der Waals surface area contributed by atoms with Crippen molar-refractivity contribution in [3.8, 4) is 0 Å². The van der Waals surface area contributed by atoms with Crippen molar-refractivity contribution in [2.75, 3.05) is 0 Å². The monoisotopic (exact) mass is 213 g/mol. The van der Waals surface area contributed by atoms with Gasteiger partial charge in [-0.25, -0.2) is 9.59 Å². The fourth-order valence-electron chi connectivity index (χ4n) is 0.972. The van der Waals surface area contributed by atoms with Gasteiger partial charge in [-0.3, -0.25) is 0 Å². The SMILES string of the molecule is CCCCC(N)=C(C=CC(=O)O)C(=O)O. The Morgan fingerprint density at radius 1 is 1.27 bits per heavy atom. The highest BCUT2D eigenvalue weighted by Crippen LogP contribution is 2.09. The van der Waals surface area contributed by atoms with E-state index < -0.39 is 11.9 Å². The summed E-state index contributed by atoms with van der Waals surface area (Å²) >= 11 is 0. The highest BCUT2D eigenvalue weighted by Gasteiger charge is 2.08. The molecule has 0 saturated carbocycles. The number of allylic oxidation sites excluding steroid dienone is 1. The molecular formula is C10H15NO4. The summed E-state index contributed by atoms with van der Waals surface area (Å²) in [5.74, 6) is -2.40. The van der Waals surface area contributed by atoms with Gasteiger partial charge in [0.05, 0.1) is 5.57 Å². The first kappa shape index (κ1) is 13.2. The first-order chi connectivity index (χ1) is 6.99. The number of aliphatic carboxylic acids is 2. The van der Waals surface area contributed by atoms with Crippen LogP contribution in [0, 0.1) is 0 Å². The summed E-state index contributed by atoms with van der Waals surface area (Å²) in [7, 11) is 0. The van der Waals surface area contributed by atoms with Gasteiger partial charge in [0.25, 0.3) is 0 Å². The van der Waals surface area contributed by atoms with Crippen molar-refractivity contribution in [3.63, 3.8) is 0 Å². The quantitative estimate of drug-likeness (QED) is 0.453. The second-order valence-corrected chi connectivity index (χ2v) is 3.02. The third kappa shape index (κ3) is 5.51. The van der Waals surface area contributed by atoms with E-state index in [2.05, 4.69) is 0 Å². The molecule has 0 aliphatic heterocycles. The van der Waals surface area contributed by atoms with Crippen LogP contribution in [0.3, 0.4) is 0 Å². The Hall–Kier alpha value is -1.78. The van der Waals surface area contributed by atoms with Crippen LogP contribution in [-0.2, 0) is 9.59 Å². The molecule has 15 heavy (non-hydrogen) atoms. The van der Waals surface area contributed by atoms with Crippen LogP contribution in [0.15, 0.2) is 23.4 Å². The molecule has 5 nitrogen and oxygen atoms in total. The maximum absolute atomic E-state index is 10.7. The topological polar surface area (TPSA) is 101 Å². The van der Waals surface area contributed by atoms with Crippen molar-refractivity contribution in [2.24, 2.45) is 5.73 Å². The first-order valence-electron chi connectivity index (χ1n) is 4.62. The van der Waals surface area contributed by atoms with E-state index in [-0.39, 0.29) is 11.3 Å². The molecule has 0 spiro atoms. The molecule has 0 aromatic heterocycles. The van der Waals surface area contributed by atoms with E-state index in [0.717, 1.165) is 25.0 Å². The molecule has 84 valence electrons. The minimum Gasteiger partial charge on any atom is -0.478 e. The van der Waals surface area contributed by atoms with Crippen molar-refractivity contribution in [1.82, 2.24) is 0 Å². The van der Waals surface area contributed by atoms with E-state index in [4.69, 9.17) is 15.9 Å². The van der Waals surface area contributed by atoms with Gasteiger partial charge in [0.15, 0.2) is 0 Å². The zero-order valence-corrected chi connectivity index (χ0v) is 8.56. The summed E-state index contributed by atoms with van der Waals surface area (Å²) in [5.41, 5.74) is 5.61. The third-order valence-corrected chi connectivity index (χ3v) is 1.77. The molecule has 5 heteroatoms. The predicted molar refractivity (Wildman–Crippen MR) is 55.2 cm³/mol. The van der Waals surface area contributed by atoms with E-state index >= 15 is 0 Å². The van der Waals surface area contributed by atoms with E-state index in [1.54, 1.807) is 0 Å². The number of unbranched alkanes of at least 4 members (excludes halogenated alkanes) is 1. The van der Waals surface area contributed by atoms with Crippen molar-refractivity contribution < 1.29 is 19.8 Å². The normalized spacial score (nSPS) is 12.6. The van der Waals surface area contributed by atoms with Gasteiger partial charge in [0, 0.05) is 11.8 Å². The number of carboxylic acid groups (broad SMARTS) is 2. The number of carbonyl (C=O) groups is 2. The van der Waals surface area contributed by atoms with Gasteiger partial charge in [-0.15, -0.1) is 0 Å². The highest BCUT2D eigenvalue weighted by atomic mass is 16.4. The summed E-state index contributed by atoms with van der Waals surface area (Å²) in [6, 6.07) is 0. The second-order valence-electron chi connectivity index (χ2n) is 3.02.